The molecule has 18 heavy (non-hydrogen) atoms. The zero-order valence-corrected chi connectivity index (χ0v) is 11.1. The van der Waals surface area contributed by atoms with Gasteiger partial charge in [0.2, 0.25) is 0 Å². The molecule has 0 heteroatoms. The Kier molecular flexibility index (Phi) is 6.27. The van der Waals surface area contributed by atoms with Crippen molar-refractivity contribution >= 4 is 12.2 Å². The van der Waals surface area contributed by atoms with Crippen LogP contribution in [0.5, 0.6) is 0 Å². The van der Waals surface area contributed by atoms with Gasteiger partial charge in [0.1, 0.15) is 0 Å². The maximum absolute atomic E-state index is 3.67. The van der Waals surface area contributed by atoms with E-state index in [4.69, 9.17) is 0 Å². The zero-order valence-electron chi connectivity index (χ0n) is 11.1. The van der Waals surface area contributed by atoms with Crippen molar-refractivity contribution < 1.29 is 0 Å². The summed E-state index contributed by atoms with van der Waals surface area (Å²) in [5.74, 6) is 0. The van der Waals surface area contributed by atoms with Crippen LogP contribution < -0.4 is 0 Å². The minimum Gasteiger partial charge on any atom is -0.0985 e. The van der Waals surface area contributed by atoms with Crippen LogP contribution in [0.25, 0.3) is 12.2 Å². The predicted molar refractivity (Wildman–Crippen MR) is 82.4 cm³/mol. The van der Waals surface area contributed by atoms with Gasteiger partial charge in [-0.1, -0.05) is 85.0 Å². The summed E-state index contributed by atoms with van der Waals surface area (Å²) in [4.78, 5) is 0. The molecule has 0 aliphatic heterocycles. The summed E-state index contributed by atoms with van der Waals surface area (Å²) >= 11 is 0. The summed E-state index contributed by atoms with van der Waals surface area (Å²) in [5, 5.41) is 0. The fraction of sp³-hybridized carbons (Fsp3) is 0.111. The first-order valence-electron chi connectivity index (χ1n) is 6.13. The SMILES string of the molecule is C=Cc1cccc(C)c1.CC=Cc1ccccc1. The molecule has 0 saturated heterocycles. The standard InChI is InChI=1S/2C9H10/c1-3-9-6-4-5-8(2)7-9;1-2-6-9-7-4-3-5-8-9/h3-7H,1H2,2H3;2-8H,1H3. The summed E-state index contributed by atoms with van der Waals surface area (Å²) in [7, 11) is 0. The average molecular weight is 236 g/mol. The minimum atomic E-state index is 1.19. The largest absolute Gasteiger partial charge is 0.0985 e. The van der Waals surface area contributed by atoms with Crippen molar-refractivity contribution in [1.29, 1.82) is 0 Å². The van der Waals surface area contributed by atoms with E-state index in [1.165, 1.54) is 16.7 Å². The van der Waals surface area contributed by atoms with E-state index in [1.807, 2.05) is 49.4 Å². The summed E-state index contributed by atoms with van der Waals surface area (Å²) in [5.41, 5.74) is 3.74. The number of benzene rings is 2. The molecule has 0 atom stereocenters. The fourth-order valence-electron chi connectivity index (χ4n) is 1.55. The molecule has 0 saturated carbocycles. The van der Waals surface area contributed by atoms with Crippen molar-refractivity contribution in [3.05, 3.63) is 83.9 Å². The van der Waals surface area contributed by atoms with Crippen molar-refractivity contribution in [3.8, 4) is 0 Å². The Hall–Kier alpha value is -2.08. The van der Waals surface area contributed by atoms with Crippen molar-refractivity contribution in [2.75, 3.05) is 0 Å². The van der Waals surface area contributed by atoms with Gasteiger partial charge < -0.3 is 0 Å². The molecule has 2 aromatic rings. The Balaban J connectivity index is 0.000000180. The predicted octanol–water partition coefficient (Wildman–Crippen LogP) is 5.36. The van der Waals surface area contributed by atoms with Gasteiger partial charge in [-0.3, -0.25) is 0 Å². The van der Waals surface area contributed by atoms with Crippen molar-refractivity contribution in [2.24, 2.45) is 0 Å². The van der Waals surface area contributed by atoms with Crippen LogP contribution in [0.1, 0.15) is 23.6 Å². The highest BCUT2D eigenvalue weighted by atomic mass is 13.9. The third-order valence-electron chi connectivity index (χ3n) is 2.44. The van der Waals surface area contributed by atoms with Gasteiger partial charge in [-0.15, -0.1) is 0 Å². The molecular formula is C18H20. The quantitative estimate of drug-likeness (QED) is 0.658. The first kappa shape index (κ1) is 14.0. The highest BCUT2D eigenvalue weighted by Crippen LogP contribution is 2.03. The van der Waals surface area contributed by atoms with Gasteiger partial charge in [0.15, 0.2) is 0 Å². The molecule has 0 aromatic heterocycles. The highest BCUT2D eigenvalue weighted by Gasteiger charge is 1.83. The Morgan fingerprint density at radius 1 is 0.889 bits per heavy atom. The van der Waals surface area contributed by atoms with E-state index in [2.05, 4.69) is 43.8 Å². The Labute approximate surface area is 110 Å². The van der Waals surface area contributed by atoms with Crippen LogP contribution in [0.3, 0.4) is 0 Å². The number of hydrogen-bond acceptors (Lipinski definition) is 0. The van der Waals surface area contributed by atoms with Crippen molar-refractivity contribution in [3.63, 3.8) is 0 Å². The number of hydrogen-bond donors (Lipinski definition) is 0. The lowest BCUT2D eigenvalue weighted by Crippen LogP contribution is -1.72. The molecule has 2 aromatic carbocycles. The summed E-state index contributed by atoms with van der Waals surface area (Å²) < 4.78 is 0. The first-order valence-corrected chi connectivity index (χ1v) is 6.13. The number of rotatable bonds is 2. The second kappa shape index (κ2) is 8.08. The summed E-state index contributed by atoms with van der Waals surface area (Å²) in [6.45, 7) is 7.77. The number of aryl methyl sites for hydroxylation is 1. The summed E-state index contributed by atoms with van der Waals surface area (Å²) in [6, 6.07) is 18.5. The van der Waals surface area contributed by atoms with Gasteiger partial charge in [-0.2, -0.15) is 0 Å². The third kappa shape index (κ3) is 5.31. The lowest BCUT2D eigenvalue weighted by molar-refractivity contribution is 1.46. The maximum Gasteiger partial charge on any atom is -0.0260 e. The molecule has 0 heterocycles. The second-order valence-corrected chi connectivity index (χ2v) is 4.03. The van der Waals surface area contributed by atoms with Crippen LogP contribution in [0.2, 0.25) is 0 Å². The molecule has 92 valence electrons. The van der Waals surface area contributed by atoms with Gasteiger partial charge in [0.25, 0.3) is 0 Å². The van der Waals surface area contributed by atoms with E-state index in [0.29, 0.717) is 0 Å². The molecule has 0 radical (unpaired) electrons. The van der Waals surface area contributed by atoms with Gasteiger partial charge in [-0.25, -0.2) is 0 Å². The van der Waals surface area contributed by atoms with Crippen LogP contribution in [0, 0.1) is 6.92 Å². The first-order chi connectivity index (χ1) is 8.76. The van der Waals surface area contributed by atoms with Crippen LogP contribution in [-0.4, -0.2) is 0 Å². The normalized spacial score (nSPS) is 9.67. The molecule has 0 fully saturated rings. The van der Waals surface area contributed by atoms with E-state index >= 15 is 0 Å². The van der Waals surface area contributed by atoms with Gasteiger partial charge >= 0.3 is 0 Å². The second-order valence-electron chi connectivity index (χ2n) is 4.03. The van der Waals surface area contributed by atoms with Crippen LogP contribution in [0.15, 0.2) is 67.3 Å². The monoisotopic (exact) mass is 236 g/mol. The smallest absolute Gasteiger partial charge is 0.0260 e. The highest BCUT2D eigenvalue weighted by molar-refractivity contribution is 5.48. The van der Waals surface area contributed by atoms with Crippen LogP contribution in [-0.2, 0) is 0 Å². The lowest BCUT2D eigenvalue weighted by Gasteiger charge is -1.92. The molecule has 2 rings (SSSR count). The molecule has 0 aliphatic rings. The molecule has 0 unspecified atom stereocenters. The van der Waals surface area contributed by atoms with E-state index < -0.39 is 0 Å². The molecule has 0 spiro atoms. The lowest BCUT2D eigenvalue weighted by atomic mass is 10.1. The molecule has 0 aliphatic carbocycles. The molecule has 0 N–H and O–H groups in total. The average Bonchev–Trinajstić information content (AvgIpc) is 2.41. The van der Waals surface area contributed by atoms with Crippen molar-refractivity contribution in [2.45, 2.75) is 13.8 Å². The van der Waals surface area contributed by atoms with Crippen LogP contribution in [0.4, 0.5) is 0 Å². The van der Waals surface area contributed by atoms with Gasteiger partial charge in [0.05, 0.1) is 0 Å². The zero-order chi connectivity index (χ0) is 13.2. The van der Waals surface area contributed by atoms with E-state index in [-0.39, 0.29) is 0 Å². The van der Waals surface area contributed by atoms with E-state index in [1.54, 1.807) is 0 Å². The topological polar surface area (TPSA) is 0 Å². The minimum absolute atomic E-state index is 1.19. The Morgan fingerprint density at radius 3 is 2.06 bits per heavy atom. The van der Waals surface area contributed by atoms with Crippen molar-refractivity contribution in [1.82, 2.24) is 0 Å². The molecule has 0 nitrogen and oxygen atoms in total. The maximum atomic E-state index is 3.67. The van der Waals surface area contributed by atoms with E-state index in [0.717, 1.165) is 0 Å². The summed E-state index contributed by atoms with van der Waals surface area (Å²) in [6.07, 6.45) is 5.97. The molecule has 0 amide bonds. The van der Waals surface area contributed by atoms with Crippen LogP contribution >= 0.6 is 0 Å². The van der Waals surface area contributed by atoms with Gasteiger partial charge in [-0.05, 0) is 25.0 Å². The Bertz CT molecular complexity index is 492. The third-order valence-corrected chi connectivity index (χ3v) is 2.44. The Morgan fingerprint density at radius 2 is 1.56 bits per heavy atom. The molecule has 0 bridgehead atoms. The fourth-order valence-corrected chi connectivity index (χ4v) is 1.55. The van der Waals surface area contributed by atoms with E-state index in [9.17, 15) is 0 Å². The van der Waals surface area contributed by atoms with Gasteiger partial charge in [0, 0.05) is 0 Å². The number of allylic oxidation sites excluding steroid dienone is 1. The molecular weight excluding hydrogens is 216 g/mol.